The number of amides is 1. The van der Waals surface area contributed by atoms with E-state index in [1.807, 2.05) is 49.6 Å². The van der Waals surface area contributed by atoms with E-state index in [0.29, 0.717) is 0 Å². The summed E-state index contributed by atoms with van der Waals surface area (Å²) in [5, 5.41) is 12.4. The van der Waals surface area contributed by atoms with Crippen molar-refractivity contribution < 1.29 is 9.90 Å². The molecule has 0 saturated heterocycles. The van der Waals surface area contributed by atoms with Crippen LogP contribution in [-0.2, 0) is 10.2 Å². The van der Waals surface area contributed by atoms with E-state index >= 15 is 0 Å². The number of nitrogens with zero attached hydrogens (tertiary/aromatic N) is 1. The van der Waals surface area contributed by atoms with Gasteiger partial charge in [0.2, 0.25) is 5.91 Å². The summed E-state index contributed by atoms with van der Waals surface area (Å²) in [5.41, 5.74) is 2.22. The number of anilines is 1. The van der Waals surface area contributed by atoms with Crippen molar-refractivity contribution in [2.75, 3.05) is 11.9 Å². The molecule has 1 aromatic heterocycles. The molecule has 2 aromatic rings. The van der Waals surface area contributed by atoms with Crippen LogP contribution in [0.3, 0.4) is 0 Å². The van der Waals surface area contributed by atoms with Crippen molar-refractivity contribution in [2.24, 2.45) is 0 Å². The predicted molar refractivity (Wildman–Crippen MR) is 81.3 cm³/mol. The molecule has 0 spiro atoms. The summed E-state index contributed by atoms with van der Waals surface area (Å²) in [6.45, 7) is 3.86. The smallest absolute Gasteiger partial charge is 0.236 e. The number of carbonyl (C=O) groups excluding carboxylic acids is 1. The van der Waals surface area contributed by atoms with Crippen LogP contribution in [-0.4, -0.2) is 18.1 Å². The first-order valence-corrected chi connectivity index (χ1v) is 7.45. The first-order valence-electron chi connectivity index (χ1n) is 6.57. The summed E-state index contributed by atoms with van der Waals surface area (Å²) in [6.07, 6.45) is -0.628. The lowest BCUT2D eigenvalue weighted by atomic mass is 9.85. The van der Waals surface area contributed by atoms with Crippen LogP contribution in [0.1, 0.15) is 36.0 Å². The molecule has 104 valence electrons. The number of aliphatic hydroxyl groups excluding tert-OH is 1. The molecule has 1 unspecified atom stereocenters. The van der Waals surface area contributed by atoms with Gasteiger partial charge in [0.25, 0.3) is 0 Å². The van der Waals surface area contributed by atoms with E-state index in [2.05, 4.69) is 0 Å². The molecule has 1 N–H and O–H groups in total. The van der Waals surface area contributed by atoms with Gasteiger partial charge in [-0.25, -0.2) is 0 Å². The normalized spacial score (nSPS) is 18.2. The maximum Gasteiger partial charge on any atom is 0.236 e. The Bertz CT molecular complexity index is 661. The summed E-state index contributed by atoms with van der Waals surface area (Å²) in [4.78, 5) is 14.9. The average molecular weight is 287 g/mol. The fourth-order valence-corrected chi connectivity index (χ4v) is 3.51. The minimum atomic E-state index is -0.628. The number of aliphatic hydroxyl groups is 1. The Kier molecular flexibility index (Phi) is 2.96. The number of hydrogen-bond acceptors (Lipinski definition) is 3. The highest BCUT2D eigenvalue weighted by Gasteiger charge is 2.42. The van der Waals surface area contributed by atoms with Gasteiger partial charge in [-0.3, -0.25) is 4.79 Å². The average Bonchev–Trinajstić information content (AvgIpc) is 3.02. The van der Waals surface area contributed by atoms with E-state index in [1.54, 1.807) is 11.9 Å². The summed E-state index contributed by atoms with van der Waals surface area (Å²) >= 11 is 1.53. The van der Waals surface area contributed by atoms with Gasteiger partial charge in [0, 0.05) is 17.6 Å². The molecule has 0 fully saturated rings. The van der Waals surface area contributed by atoms with Gasteiger partial charge in [-0.05, 0) is 48.6 Å². The third-order valence-corrected chi connectivity index (χ3v) is 4.95. The number of likely N-dealkylation sites (N-methyl/N-ethyl adjacent to an activating group) is 1. The van der Waals surface area contributed by atoms with Crippen molar-refractivity contribution in [3.8, 4) is 0 Å². The minimum Gasteiger partial charge on any atom is -0.383 e. The molecular formula is C16H17NO2S. The third-order valence-electron chi connectivity index (χ3n) is 4.02. The van der Waals surface area contributed by atoms with E-state index in [4.69, 9.17) is 0 Å². The van der Waals surface area contributed by atoms with E-state index < -0.39 is 11.5 Å². The number of carbonyl (C=O) groups is 1. The van der Waals surface area contributed by atoms with Crippen LogP contribution < -0.4 is 4.90 Å². The lowest BCUT2D eigenvalue weighted by Crippen LogP contribution is -2.33. The molecule has 2 heterocycles. The zero-order valence-electron chi connectivity index (χ0n) is 11.8. The van der Waals surface area contributed by atoms with E-state index in [-0.39, 0.29) is 5.91 Å². The zero-order chi connectivity index (χ0) is 14.5. The molecule has 0 bridgehead atoms. The minimum absolute atomic E-state index is 0.0928. The van der Waals surface area contributed by atoms with Gasteiger partial charge in [0.05, 0.1) is 5.41 Å². The Hall–Kier alpha value is -1.65. The van der Waals surface area contributed by atoms with Gasteiger partial charge < -0.3 is 10.0 Å². The molecule has 0 aliphatic carbocycles. The summed E-state index contributed by atoms with van der Waals surface area (Å²) in [5.74, 6) is 0.0928. The third kappa shape index (κ3) is 1.79. The van der Waals surface area contributed by atoms with Crippen molar-refractivity contribution in [3.05, 3.63) is 51.7 Å². The fraction of sp³-hybridized carbons (Fsp3) is 0.312. The second-order valence-electron chi connectivity index (χ2n) is 5.68. The van der Waals surface area contributed by atoms with Crippen LogP contribution >= 0.6 is 11.3 Å². The van der Waals surface area contributed by atoms with Crippen LogP contribution in [0.4, 0.5) is 5.69 Å². The Morgan fingerprint density at radius 3 is 2.70 bits per heavy atom. The lowest BCUT2D eigenvalue weighted by molar-refractivity contribution is -0.121. The number of hydrogen-bond donors (Lipinski definition) is 1. The molecule has 1 aliphatic heterocycles. The Morgan fingerprint density at radius 2 is 2.05 bits per heavy atom. The van der Waals surface area contributed by atoms with Crippen molar-refractivity contribution in [1.82, 2.24) is 0 Å². The van der Waals surface area contributed by atoms with Crippen molar-refractivity contribution in [3.63, 3.8) is 0 Å². The number of benzene rings is 1. The largest absolute Gasteiger partial charge is 0.383 e. The lowest BCUT2D eigenvalue weighted by Gasteiger charge is -2.17. The quantitative estimate of drug-likeness (QED) is 0.922. The molecule has 1 atom stereocenters. The molecular weight excluding hydrogens is 270 g/mol. The highest BCUT2D eigenvalue weighted by Crippen LogP contribution is 2.42. The first kappa shape index (κ1) is 13.3. The van der Waals surface area contributed by atoms with Crippen molar-refractivity contribution >= 4 is 22.9 Å². The molecule has 3 nitrogen and oxygen atoms in total. The molecule has 3 rings (SSSR count). The van der Waals surface area contributed by atoms with E-state index in [9.17, 15) is 9.90 Å². The van der Waals surface area contributed by atoms with Gasteiger partial charge in [0.15, 0.2) is 0 Å². The Labute approximate surface area is 122 Å². The first-order chi connectivity index (χ1) is 9.43. The van der Waals surface area contributed by atoms with E-state index in [0.717, 1.165) is 21.7 Å². The Balaban J connectivity index is 2.07. The molecule has 1 aliphatic rings. The van der Waals surface area contributed by atoms with Crippen molar-refractivity contribution in [2.45, 2.75) is 25.4 Å². The number of rotatable bonds is 2. The fourth-order valence-electron chi connectivity index (χ4n) is 2.77. The molecule has 1 aromatic carbocycles. The second-order valence-corrected chi connectivity index (χ2v) is 6.66. The molecule has 0 saturated carbocycles. The van der Waals surface area contributed by atoms with Gasteiger partial charge in [-0.15, -0.1) is 11.3 Å². The summed E-state index contributed by atoms with van der Waals surface area (Å²) < 4.78 is 0. The van der Waals surface area contributed by atoms with Crippen LogP contribution in [0.15, 0.2) is 35.7 Å². The SMILES string of the molecule is CN1C(=O)C(C)(C)c2cc(C(O)c3cccs3)ccc21. The van der Waals surface area contributed by atoms with Crippen LogP contribution in [0.5, 0.6) is 0 Å². The maximum absolute atomic E-state index is 12.3. The summed E-state index contributed by atoms with van der Waals surface area (Å²) in [7, 11) is 1.80. The molecule has 0 radical (unpaired) electrons. The standard InChI is InChI=1S/C16H17NO2S/c1-16(2)11-9-10(14(18)13-5-4-8-20-13)6-7-12(11)17(3)15(16)19/h4-9,14,18H,1-3H3. The van der Waals surface area contributed by atoms with Crippen LogP contribution in [0.25, 0.3) is 0 Å². The van der Waals surface area contributed by atoms with Crippen molar-refractivity contribution in [1.29, 1.82) is 0 Å². The summed E-state index contributed by atoms with van der Waals surface area (Å²) in [6, 6.07) is 9.63. The van der Waals surface area contributed by atoms with Gasteiger partial charge in [-0.1, -0.05) is 12.1 Å². The van der Waals surface area contributed by atoms with Gasteiger partial charge >= 0.3 is 0 Å². The number of thiophene rings is 1. The Morgan fingerprint density at radius 1 is 1.30 bits per heavy atom. The van der Waals surface area contributed by atoms with Gasteiger partial charge in [-0.2, -0.15) is 0 Å². The number of fused-ring (bicyclic) bond motifs is 1. The van der Waals surface area contributed by atoms with Crippen LogP contribution in [0, 0.1) is 0 Å². The van der Waals surface area contributed by atoms with E-state index in [1.165, 1.54) is 11.3 Å². The highest BCUT2D eigenvalue weighted by atomic mass is 32.1. The van der Waals surface area contributed by atoms with Crippen LogP contribution in [0.2, 0.25) is 0 Å². The highest BCUT2D eigenvalue weighted by molar-refractivity contribution is 7.10. The molecule has 1 amide bonds. The monoisotopic (exact) mass is 287 g/mol. The predicted octanol–water partition coefficient (Wildman–Crippen LogP) is 3.08. The maximum atomic E-state index is 12.3. The molecule has 4 heteroatoms. The second kappa shape index (κ2) is 4.43. The zero-order valence-corrected chi connectivity index (χ0v) is 12.6. The van der Waals surface area contributed by atoms with Gasteiger partial charge in [0.1, 0.15) is 6.10 Å². The topological polar surface area (TPSA) is 40.5 Å². The molecule has 20 heavy (non-hydrogen) atoms.